The lowest BCUT2D eigenvalue weighted by Gasteiger charge is -2.22. The number of aromatic amines is 1. The van der Waals surface area contributed by atoms with E-state index in [0.29, 0.717) is 6.42 Å². The van der Waals surface area contributed by atoms with E-state index in [4.69, 9.17) is 4.74 Å². The van der Waals surface area contributed by atoms with E-state index in [-0.39, 0.29) is 12.0 Å². The number of para-hydroxylation sites is 1. The van der Waals surface area contributed by atoms with Crippen LogP contribution < -0.4 is 5.32 Å². The molecule has 0 aliphatic carbocycles. The number of benzene rings is 1. The summed E-state index contributed by atoms with van der Waals surface area (Å²) >= 11 is 0. The van der Waals surface area contributed by atoms with Gasteiger partial charge >= 0.3 is 0 Å². The first-order valence-corrected chi connectivity index (χ1v) is 8.77. The summed E-state index contributed by atoms with van der Waals surface area (Å²) in [5.41, 5.74) is 2.77. The Morgan fingerprint density at radius 3 is 3.16 bits per heavy atom. The van der Waals surface area contributed by atoms with Crippen molar-refractivity contribution in [3.05, 3.63) is 48.4 Å². The molecule has 1 aliphatic rings. The van der Waals surface area contributed by atoms with Gasteiger partial charge in [0.1, 0.15) is 0 Å². The van der Waals surface area contributed by atoms with Gasteiger partial charge in [-0.3, -0.25) is 9.48 Å². The number of hydrogen-bond acceptors (Lipinski definition) is 3. The molecule has 6 nitrogen and oxygen atoms in total. The standard InChI is InChI=1S/C19H22N4O2/c24-19(9-14-10-20-18-7-2-1-6-17(14)18)22-15-11-21-23(12-15)13-16-5-3-4-8-25-16/h1-2,6-7,10-12,16,20H,3-5,8-9,13H2,(H,22,24)/t16-/m1/s1. The Kier molecular flexibility index (Phi) is 4.52. The molecule has 1 aromatic carbocycles. The number of H-pyrrole nitrogens is 1. The van der Waals surface area contributed by atoms with Gasteiger partial charge in [0.2, 0.25) is 5.91 Å². The summed E-state index contributed by atoms with van der Waals surface area (Å²) in [5, 5.41) is 8.34. The average molecular weight is 338 g/mol. The second-order valence-corrected chi connectivity index (χ2v) is 6.52. The van der Waals surface area contributed by atoms with Crippen LogP contribution in [0.15, 0.2) is 42.9 Å². The van der Waals surface area contributed by atoms with Gasteiger partial charge in [0, 0.05) is 29.9 Å². The van der Waals surface area contributed by atoms with Crippen LogP contribution in [0.5, 0.6) is 0 Å². The maximum absolute atomic E-state index is 12.3. The Bertz CT molecular complexity index is 861. The predicted octanol–water partition coefficient (Wildman–Crippen LogP) is 3.11. The fourth-order valence-electron chi connectivity index (χ4n) is 3.34. The van der Waals surface area contributed by atoms with Crippen molar-refractivity contribution in [2.45, 2.75) is 38.3 Å². The molecular formula is C19H22N4O2. The summed E-state index contributed by atoms with van der Waals surface area (Å²) in [6.45, 7) is 1.57. The number of hydrogen-bond donors (Lipinski definition) is 2. The van der Waals surface area contributed by atoms with E-state index in [1.807, 2.05) is 41.3 Å². The van der Waals surface area contributed by atoms with E-state index < -0.39 is 0 Å². The van der Waals surface area contributed by atoms with Crippen molar-refractivity contribution >= 4 is 22.5 Å². The van der Waals surface area contributed by atoms with Crippen molar-refractivity contribution in [2.75, 3.05) is 11.9 Å². The largest absolute Gasteiger partial charge is 0.376 e. The lowest BCUT2D eigenvalue weighted by molar-refractivity contribution is -0.115. The van der Waals surface area contributed by atoms with Crippen molar-refractivity contribution in [2.24, 2.45) is 0 Å². The zero-order valence-electron chi connectivity index (χ0n) is 14.1. The molecule has 0 radical (unpaired) electrons. The first-order chi connectivity index (χ1) is 12.3. The summed E-state index contributed by atoms with van der Waals surface area (Å²) in [6, 6.07) is 7.99. The average Bonchev–Trinajstić information content (AvgIpc) is 3.23. The smallest absolute Gasteiger partial charge is 0.228 e. The summed E-state index contributed by atoms with van der Waals surface area (Å²) in [4.78, 5) is 15.5. The van der Waals surface area contributed by atoms with E-state index in [1.54, 1.807) is 6.20 Å². The summed E-state index contributed by atoms with van der Waals surface area (Å²) in [7, 11) is 0. The predicted molar refractivity (Wildman–Crippen MR) is 96.5 cm³/mol. The highest BCUT2D eigenvalue weighted by atomic mass is 16.5. The number of fused-ring (bicyclic) bond motifs is 1. The van der Waals surface area contributed by atoms with Crippen LogP contribution in [-0.4, -0.2) is 33.4 Å². The van der Waals surface area contributed by atoms with E-state index in [2.05, 4.69) is 15.4 Å². The number of carbonyl (C=O) groups is 1. The second kappa shape index (κ2) is 7.11. The minimum Gasteiger partial charge on any atom is -0.376 e. The second-order valence-electron chi connectivity index (χ2n) is 6.52. The lowest BCUT2D eigenvalue weighted by Crippen LogP contribution is -2.24. The molecule has 2 N–H and O–H groups in total. The topological polar surface area (TPSA) is 71.9 Å². The van der Waals surface area contributed by atoms with Crippen molar-refractivity contribution in [1.82, 2.24) is 14.8 Å². The third-order valence-corrected chi connectivity index (χ3v) is 4.61. The molecule has 1 amide bonds. The SMILES string of the molecule is O=C(Cc1c[nH]c2ccccc12)Nc1cnn(C[C@H]2CCCCO2)c1. The van der Waals surface area contributed by atoms with Crippen LogP contribution in [0.4, 0.5) is 5.69 Å². The fraction of sp³-hybridized carbons (Fsp3) is 0.368. The monoisotopic (exact) mass is 338 g/mol. The number of nitrogens with one attached hydrogen (secondary N) is 2. The molecule has 1 atom stereocenters. The highest BCUT2D eigenvalue weighted by Crippen LogP contribution is 2.19. The molecule has 130 valence electrons. The van der Waals surface area contributed by atoms with Gasteiger partial charge in [-0.05, 0) is 30.9 Å². The number of aromatic nitrogens is 3. The van der Waals surface area contributed by atoms with Gasteiger partial charge in [-0.25, -0.2) is 0 Å². The Hall–Kier alpha value is -2.60. The Balaban J connectivity index is 1.36. The van der Waals surface area contributed by atoms with Crippen molar-refractivity contribution < 1.29 is 9.53 Å². The third kappa shape index (κ3) is 3.74. The molecule has 1 saturated heterocycles. The van der Waals surface area contributed by atoms with Crippen molar-refractivity contribution in [3.63, 3.8) is 0 Å². The van der Waals surface area contributed by atoms with Crippen LogP contribution in [0.2, 0.25) is 0 Å². The first kappa shape index (κ1) is 15.9. The molecular weight excluding hydrogens is 316 g/mol. The Labute approximate surface area is 146 Å². The summed E-state index contributed by atoms with van der Waals surface area (Å²) in [6.07, 6.45) is 9.44. The van der Waals surface area contributed by atoms with Gasteiger partial charge in [0.05, 0.1) is 31.0 Å². The maximum Gasteiger partial charge on any atom is 0.228 e. The molecule has 1 aliphatic heterocycles. The number of amides is 1. The number of anilines is 1. The molecule has 4 rings (SSSR count). The van der Waals surface area contributed by atoms with Gasteiger partial charge in [0.25, 0.3) is 0 Å². The number of rotatable bonds is 5. The molecule has 0 saturated carbocycles. The summed E-state index contributed by atoms with van der Waals surface area (Å²) < 4.78 is 7.58. The van der Waals surface area contributed by atoms with Gasteiger partial charge in [-0.2, -0.15) is 5.10 Å². The molecule has 0 spiro atoms. The molecule has 3 heterocycles. The minimum atomic E-state index is -0.0433. The van der Waals surface area contributed by atoms with Crippen LogP contribution in [0.3, 0.4) is 0 Å². The van der Waals surface area contributed by atoms with Crippen molar-refractivity contribution in [3.8, 4) is 0 Å². The number of carbonyl (C=O) groups excluding carboxylic acids is 1. The molecule has 6 heteroatoms. The summed E-state index contributed by atoms with van der Waals surface area (Å²) in [5.74, 6) is -0.0433. The van der Waals surface area contributed by atoms with E-state index in [1.165, 1.54) is 6.42 Å². The van der Waals surface area contributed by atoms with Gasteiger partial charge in [-0.15, -0.1) is 0 Å². The van der Waals surface area contributed by atoms with Crippen LogP contribution in [0.1, 0.15) is 24.8 Å². The molecule has 0 bridgehead atoms. The molecule has 3 aromatic rings. The molecule has 0 unspecified atom stereocenters. The van der Waals surface area contributed by atoms with E-state index >= 15 is 0 Å². The van der Waals surface area contributed by atoms with Crippen molar-refractivity contribution in [1.29, 1.82) is 0 Å². The zero-order chi connectivity index (χ0) is 17.1. The molecule has 2 aromatic heterocycles. The minimum absolute atomic E-state index is 0.0433. The zero-order valence-corrected chi connectivity index (χ0v) is 14.1. The van der Waals surface area contributed by atoms with E-state index in [9.17, 15) is 4.79 Å². The highest BCUT2D eigenvalue weighted by Gasteiger charge is 2.15. The first-order valence-electron chi connectivity index (χ1n) is 8.77. The van der Waals surface area contributed by atoms with Gasteiger partial charge in [-0.1, -0.05) is 18.2 Å². The number of ether oxygens (including phenoxy) is 1. The fourth-order valence-corrected chi connectivity index (χ4v) is 3.34. The Morgan fingerprint density at radius 1 is 1.36 bits per heavy atom. The van der Waals surface area contributed by atoms with Gasteiger partial charge in [0.15, 0.2) is 0 Å². The number of nitrogens with zero attached hydrogens (tertiary/aromatic N) is 2. The molecule has 25 heavy (non-hydrogen) atoms. The van der Waals surface area contributed by atoms with Crippen LogP contribution >= 0.6 is 0 Å². The lowest BCUT2D eigenvalue weighted by atomic mass is 10.1. The van der Waals surface area contributed by atoms with E-state index in [0.717, 1.165) is 48.1 Å². The third-order valence-electron chi connectivity index (χ3n) is 4.61. The normalized spacial score (nSPS) is 17.7. The maximum atomic E-state index is 12.3. The highest BCUT2D eigenvalue weighted by molar-refractivity contribution is 5.95. The van der Waals surface area contributed by atoms with Crippen LogP contribution in [0, 0.1) is 0 Å². The van der Waals surface area contributed by atoms with Crippen LogP contribution in [0.25, 0.3) is 10.9 Å². The molecule has 1 fully saturated rings. The quantitative estimate of drug-likeness (QED) is 0.751. The Morgan fingerprint density at radius 2 is 2.28 bits per heavy atom. The van der Waals surface area contributed by atoms with Crippen LogP contribution in [-0.2, 0) is 22.5 Å². The van der Waals surface area contributed by atoms with Gasteiger partial charge < -0.3 is 15.0 Å².